The maximum atomic E-state index is 12.1. The number of primary amides is 1. The lowest BCUT2D eigenvalue weighted by Gasteiger charge is -2.19. The van der Waals surface area contributed by atoms with Gasteiger partial charge in [0.15, 0.2) is 0 Å². The summed E-state index contributed by atoms with van der Waals surface area (Å²) < 4.78 is 0. The van der Waals surface area contributed by atoms with Gasteiger partial charge in [-0.2, -0.15) is 5.26 Å². The standard InChI is InChI=1S/C22H22N6O2/c1-21(2,30)7-12-3-4-26-11-15(12)17-6-16(24)19-18(28-17)5-13(10-27-19)22(20(25)29)8-14(22)9-23/h3-6,10-11,14,30H,7-8H2,1-2H3,(H2,24,28)(H2,25,29). The van der Waals surface area contributed by atoms with Crippen molar-refractivity contribution in [2.75, 3.05) is 5.73 Å². The lowest BCUT2D eigenvalue weighted by atomic mass is 9.93. The molecule has 1 aliphatic carbocycles. The van der Waals surface area contributed by atoms with E-state index in [0.29, 0.717) is 40.8 Å². The van der Waals surface area contributed by atoms with Gasteiger partial charge in [-0.25, -0.2) is 4.98 Å². The van der Waals surface area contributed by atoms with Gasteiger partial charge in [-0.15, -0.1) is 0 Å². The number of carbonyl (C=O) groups excluding carboxylic acids is 1. The first-order valence-electron chi connectivity index (χ1n) is 9.57. The molecule has 0 bridgehead atoms. The Kier molecular flexibility index (Phi) is 4.44. The molecule has 0 aliphatic heterocycles. The number of nitriles is 1. The fourth-order valence-corrected chi connectivity index (χ4v) is 3.95. The smallest absolute Gasteiger partial charge is 0.229 e. The van der Waals surface area contributed by atoms with Crippen molar-refractivity contribution in [1.29, 1.82) is 5.26 Å². The number of carbonyl (C=O) groups is 1. The van der Waals surface area contributed by atoms with E-state index in [1.54, 1.807) is 44.6 Å². The highest BCUT2D eigenvalue weighted by molar-refractivity contribution is 5.94. The Hall–Kier alpha value is -3.57. The van der Waals surface area contributed by atoms with Crippen molar-refractivity contribution in [1.82, 2.24) is 15.0 Å². The first kappa shape index (κ1) is 19.7. The number of rotatable bonds is 5. The molecule has 1 saturated carbocycles. The van der Waals surface area contributed by atoms with E-state index >= 15 is 0 Å². The predicted molar refractivity (Wildman–Crippen MR) is 112 cm³/mol. The number of hydrogen-bond acceptors (Lipinski definition) is 7. The van der Waals surface area contributed by atoms with Gasteiger partial charge in [0, 0.05) is 30.6 Å². The number of pyridine rings is 3. The van der Waals surface area contributed by atoms with Crippen LogP contribution in [-0.2, 0) is 16.6 Å². The Morgan fingerprint density at radius 2 is 2.17 bits per heavy atom. The molecule has 5 N–H and O–H groups in total. The van der Waals surface area contributed by atoms with Crippen LogP contribution in [0, 0.1) is 17.2 Å². The van der Waals surface area contributed by atoms with Crippen LogP contribution >= 0.6 is 0 Å². The second-order valence-corrected chi connectivity index (χ2v) is 8.43. The SMILES string of the molecule is CC(C)(O)Cc1ccncc1-c1cc(N)c2ncc(C3(C(N)=O)CC3C#N)cc2n1. The summed E-state index contributed by atoms with van der Waals surface area (Å²) in [5, 5.41) is 19.5. The average Bonchev–Trinajstić information content (AvgIpc) is 3.43. The third-order valence-electron chi connectivity index (χ3n) is 5.56. The molecule has 152 valence electrons. The summed E-state index contributed by atoms with van der Waals surface area (Å²) in [5.41, 5.74) is 14.2. The highest BCUT2D eigenvalue weighted by Gasteiger charge is 2.61. The van der Waals surface area contributed by atoms with Gasteiger partial charge in [0.2, 0.25) is 5.91 Å². The van der Waals surface area contributed by atoms with Crippen LogP contribution in [0.1, 0.15) is 31.4 Å². The Morgan fingerprint density at radius 3 is 2.80 bits per heavy atom. The van der Waals surface area contributed by atoms with Crippen LogP contribution in [0.15, 0.2) is 36.8 Å². The topological polar surface area (TPSA) is 152 Å². The molecule has 0 saturated heterocycles. The fourth-order valence-electron chi connectivity index (χ4n) is 3.95. The predicted octanol–water partition coefficient (Wildman–Crippen LogP) is 1.85. The molecule has 0 aromatic carbocycles. The molecular weight excluding hydrogens is 380 g/mol. The number of nitrogen functional groups attached to an aromatic ring is 1. The molecule has 8 heteroatoms. The van der Waals surface area contributed by atoms with Gasteiger partial charge in [0.05, 0.1) is 39.9 Å². The quantitative estimate of drug-likeness (QED) is 0.589. The maximum Gasteiger partial charge on any atom is 0.229 e. The zero-order chi connectivity index (χ0) is 21.7. The van der Waals surface area contributed by atoms with Crippen LogP contribution in [0.4, 0.5) is 5.69 Å². The molecule has 3 aromatic heterocycles. The van der Waals surface area contributed by atoms with E-state index in [4.69, 9.17) is 16.5 Å². The van der Waals surface area contributed by atoms with E-state index < -0.39 is 22.8 Å². The molecule has 0 spiro atoms. The second-order valence-electron chi connectivity index (χ2n) is 8.43. The minimum absolute atomic E-state index is 0.375. The van der Waals surface area contributed by atoms with Crippen molar-refractivity contribution in [2.45, 2.75) is 37.7 Å². The van der Waals surface area contributed by atoms with Crippen LogP contribution in [0.2, 0.25) is 0 Å². The van der Waals surface area contributed by atoms with Gasteiger partial charge in [0.1, 0.15) is 5.52 Å². The molecule has 2 unspecified atom stereocenters. The van der Waals surface area contributed by atoms with Crippen LogP contribution < -0.4 is 11.5 Å². The van der Waals surface area contributed by atoms with Gasteiger partial charge in [-0.05, 0) is 49.6 Å². The Morgan fingerprint density at radius 1 is 1.40 bits per heavy atom. The van der Waals surface area contributed by atoms with Gasteiger partial charge >= 0.3 is 0 Å². The van der Waals surface area contributed by atoms with E-state index in [1.165, 1.54) is 0 Å². The molecule has 1 amide bonds. The summed E-state index contributed by atoms with van der Waals surface area (Å²) >= 11 is 0. The third-order valence-corrected chi connectivity index (χ3v) is 5.56. The highest BCUT2D eigenvalue weighted by Crippen LogP contribution is 2.54. The minimum Gasteiger partial charge on any atom is -0.397 e. The van der Waals surface area contributed by atoms with E-state index in [2.05, 4.69) is 16.0 Å². The summed E-state index contributed by atoms with van der Waals surface area (Å²) in [6.45, 7) is 3.47. The van der Waals surface area contributed by atoms with Crippen LogP contribution in [0.3, 0.4) is 0 Å². The van der Waals surface area contributed by atoms with Crippen molar-refractivity contribution >= 4 is 22.6 Å². The summed E-state index contributed by atoms with van der Waals surface area (Å²) in [6.07, 6.45) is 5.69. The normalized spacial score (nSPS) is 20.7. The van der Waals surface area contributed by atoms with E-state index in [9.17, 15) is 15.2 Å². The lowest BCUT2D eigenvalue weighted by Crippen LogP contribution is -2.30. The van der Waals surface area contributed by atoms with Gasteiger partial charge in [-0.1, -0.05) is 0 Å². The third kappa shape index (κ3) is 3.23. The zero-order valence-corrected chi connectivity index (χ0v) is 16.8. The molecule has 30 heavy (non-hydrogen) atoms. The van der Waals surface area contributed by atoms with E-state index in [1.807, 2.05) is 6.07 Å². The number of hydrogen-bond donors (Lipinski definition) is 3. The highest BCUT2D eigenvalue weighted by atomic mass is 16.3. The minimum atomic E-state index is -1.03. The first-order chi connectivity index (χ1) is 14.2. The first-order valence-corrected chi connectivity index (χ1v) is 9.57. The van der Waals surface area contributed by atoms with Crippen molar-refractivity contribution in [3.8, 4) is 17.3 Å². The molecule has 2 atom stereocenters. The van der Waals surface area contributed by atoms with Crippen molar-refractivity contribution in [3.63, 3.8) is 0 Å². The lowest BCUT2D eigenvalue weighted by molar-refractivity contribution is -0.120. The number of amides is 1. The summed E-state index contributed by atoms with van der Waals surface area (Å²) in [6, 6.07) is 7.42. The van der Waals surface area contributed by atoms with Crippen LogP contribution in [0.5, 0.6) is 0 Å². The van der Waals surface area contributed by atoms with Crippen LogP contribution in [0.25, 0.3) is 22.3 Å². The molecule has 4 rings (SSSR count). The number of fused-ring (bicyclic) bond motifs is 1. The largest absolute Gasteiger partial charge is 0.397 e. The summed E-state index contributed by atoms with van der Waals surface area (Å²) in [4.78, 5) is 25.4. The zero-order valence-electron chi connectivity index (χ0n) is 16.8. The van der Waals surface area contributed by atoms with Gasteiger partial charge in [-0.3, -0.25) is 14.8 Å². The van der Waals surface area contributed by atoms with Gasteiger partial charge in [0.25, 0.3) is 0 Å². The Balaban J connectivity index is 1.85. The van der Waals surface area contributed by atoms with Gasteiger partial charge < -0.3 is 16.6 Å². The number of aromatic nitrogens is 3. The number of nitrogens with two attached hydrogens (primary N) is 2. The summed E-state index contributed by atoms with van der Waals surface area (Å²) in [5.74, 6) is -1.01. The molecule has 3 heterocycles. The Bertz CT molecular complexity index is 1210. The van der Waals surface area contributed by atoms with Crippen LogP contribution in [-0.4, -0.2) is 31.6 Å². The number of anilines is 1. The monoisotopic (exact) mass is 402 g/mol. The molecule has 1 fully saturated rings. The average molecular weight is 402 g/mol. The van der Waals surface area contributed by atoms with E-state index in [-0.39, 0.29) is 0 Å². The maximum absolute atomic E-state index is 12.1. The molecular formula is C22H22N6O2. The number of aliphatic hydroxyl groups is 1. The molecule has 3 aromatic rings. The van der Waals surface area contributed by atoms with Crippen molar-refractivity contribution < 1.29 is 9.90 Å². The molecule has 1 aliphatic rings. The molecule has 0 radical (unpaired) electrons. The fraction of sp³-hybridized carbons (Fsp3) is 0.318. The second kappa shape index (κ2) is 6.75. The number of nitrogens with zero attached hydrogens (tertiary/aromatic N) is 4. The Labute approximate surface area is 173 Å². The van der Waals surface area contributed by atoms with Crippen molar-refractivity contribution in [3.05, 3.63) is 47.9 Å². The van der Waals surface area contributed by atoms with Crippen molar-refractivity contribution in [2.24, 2.45) is 11.7 Å². The van der Waals surface area contributed by atoms with E-state index in [0.717, 1.165) is 11.1 Å². The summed E-state index contributed by atoms with van der Waals surface area (Å²) in [7, 11) is 0. The molecule has 8 nitrogen and oxygen atoms in total.